The van der Waals surface area contributed by atoms with E-state index in [2.05, 4.69) is 5.32 Å². The fourth-order valence-corrected chi connectivity index (χ4v) is 5.27. The van der Waals surface area contributed by atoms with Gasteiger partial charge >= 0.3 is 0 Å². The van der Waals surface area contributed by atoms with E-state index in [1.807, 2.05) is 31.3 Å². The van der Waals surface area contributed by atoms with E-state index in [1.165, 1.54) is 5.56 Å². The van der Waals surface area contributed by atoms with Crippen molar-refractivity contribution in [2.75, 3.05) is 19.9 Å². The molecule has 2 unspecified atom stereocenters. The Balaban J connectivity index is 1.98. The lowest BCUT2D eigenvalue weighted by molar-refractivity contribution is 0.414. The van der Waals surface area contributed by atoms with Crippen LogP contribution >= 0.6 is 0 Å². The molecule has 5 heteroatoms. The predicted molar refractivity (Wildman–Crippen MR) is 85.6 cm³/mol. The molecule has 2 atom stereocenters. The standard InChI is InChI=1S/C16H25NO3S/c1-17-15(16-5-3-4-12-21(16,18)19)11-8-13-6-9-14(20-2)10-7-13/h6-7,9-10,15-17H,3-5,8,11-12H2,1-2H3. The number of ether oxygens (including phenoxy) is 1. The summed E-state index contributed by atoms with van der Waals surface area (Å²) in [4.78, 5) is 0. The monoisotopic (exact) mass is 311 g/mol. The minimum Gasteiger partial charge on any atom is -0.497 e. The van der Waals surface area contributed by atoms with E-state index >= 15 is 0 Å². The van der Waals surface area contributed by atoms with Gasteiger partial charge in [0.05, 0.1) is 18.1 Å². The average Bonchev–Trinajstić information content (AvgIpc) is 2.49. The number of rotatable bonds is 6. The quantitative estimate of drug-likeness (QED) is 0.875. The SMILES string of the molecule is CNC(CCc1ccc(OC)cc1)C1CCCCS1(=O)=O. The Kier molecular flexibility index (Phi) is 5.65. The molecule has 1 aliphatic heterocycles. The molecule has 1 saturated heterocycles. The van der Waals surface area contributed by atoms with Gasteiger partial charge in [0.1, 0.15) is 5.75 Å². The molecule has 21 heavy (non-hydrogen) atoms. The van der Waals surface area contributed by atoms with Crippen LogP contribution in [0, 0.1) is 0 Å². The van der Waals surface area contributed by atoms with E-state index in [-0.39, 0.29) is 11.3 Å². The number of sulfone groups is 1. The molecule has 4 nitrogen and oxygen atoms in total. The van der Waals surface area contributed by atoms with Crippen LogP contribution in [0.2, 0.25) is 0 Å². The first-order valence-corrected chi connectivity index (χ1v) is 9.30. The van der Waals surface area contributed by atoms with Crippen LogP contribution in [0.15, 0.2) is 24.3 Å². The van der Waals surface area contributed by atoms with Crippen molar-refractivity contribution in [1.82, 2.24) is 5.32 Å². The van der Waals surface area contributed by atoms with Crippen molar-refractivity contribution in [3.63, 3.8) is 0 Å². The summed E-state index contributed by atoms with van der Waals surface area (Å²) in [6.07, 6.45) is 4.34. The van der Waals surface area contributed by atoms with Gasteiger partial charge < -0.3 is 10.1 Å². The minimum absolute atomic E-state index is 0.0393. The van der Waals surface area contributed by atoms with Crippen molar-refractivity contribution in [2.24, 2.45) is 0 Å². The third kappa shape index (κ3) is 4.20. The van der Waals surface area contributed by atoms with Gasteiger partial charge in [0, 0.05) is 6.04 Å². The van der Waals surface area contributed by atoms with Gasteiger partial charge in [-0.05, 0) is 50.4 Å². The smallest absolute Gasteiger partial charge is 0.154 e. The summed E-state index contributed by atoms with van der Waals surface area (Å²) in [6.45, 7) is 0. The number of hydrogen-bond acceptors (Lipinski definition) is 4. The van der Waals surface area contributed by atoms with Gasteiger partial charge in [-0.2, -0.15) is 0 Å². The van der Waals surface area contributed by atoms with Crippen molar-refractivity contribution in [2.45, 2.75) is 43.4 Å². The maximum absolute atomic E-state index is 12.2. The Morgan fingerprint density at radius 3 is 2.57 bits per heavy atom. The molecule has 0 aliphatic carbocycles. The van der Waals surface area contributed by atoms with E-state index in [0.29, 0.717) is 5.75 Å². The van der Waals surface area contributed by atoms with Crippen LogP contribution < -0.4 is 10.1 Å². The minimum atomic E-state index is -2.93. The average molecular weight is 311 g/mol. The number of hydrogen-bond donors (Lipinski definition) is 1. The van der Waals surface area contributed by atoms with Crippen LogP contribution in [-0.2, 0) is 16.3 Å². The molecule has 1 heterocycles. The Labute approximate surface area is 127 Å². The third-order valence-corrected chi connectivity index (χ3v) is 6.70. The predicted octanol–water partition coefficient (Wildman–Crippen LogP) is 2.18. The van der Waals surface area contributed by atoms with Crippen molar-refractivity contribution >= 4 is 9.84 Å². The summed E-state index contributed by atoms with van der Waals surface area (Å²) in [5.41, 5.74) is 1.21. The Hall–Kier alpha value is -1.07. The van der Waals surface area contributed by atoms with Crippen LogP contribution in [0.5, 0.6) is 5.75 Å². The Morgan fingerprint density at radius 1 is 1.29 bits per heavy atom. The molecule has 1 fully saturated rings. The first kappa shape index (κ1) is 16.3. The second-order valence-corrected chi connectivity index (χ2v) is 8.02. The molecule has 0 spiro atoms. The summed E-state index contributed by atoms with van der Waals surface area (Å²) in [5.74, 6) is 1.19. The molecule has 0 saturated carbocycles. The molecule has 1 N–H and O–H groups in total. The highest BCUT2D eigenvalue weighted by Gasteiger charge is 2.34. The summed E-state index contributed by atoms with van der Waals surface area (Å²) >= 11 is 0. The second kappa shape index (κ2) is 7.27. The molecule has 1 aromatic carbocycles. The van der Waals surface area contributed by atoms with Gasteiger partial charge in [-0.1, -0.05) is 18.6 Å². The zero-order valence-corrected chi connectivity index (χ0v) is 13.7. The van der Waals surface area contributed by atoms with Crippen LogP contribution in [0.3, 0.4) is 0 Å². The zero-order valence-electron chi connectivity index (χ0n) is 12.8. The molecule has 0 aromatic heterocycles. The normalized spacial score (nSPS) is 22.7. The van der Waals surface area contributed by atoms with Gasteiger partial charge in [-0.15, -0.1) is 0 Å². The van der Waals surface area contributed by atoms with E-state index in [1.54, 1.807) is 7.11 Å². The van der Waals surface area contributed by atoms with Crippen molar-refractivity contribution < 1.29 is 13.2 Å². The molecular weight excluding hydrogens is 286 g/mol. The third-order valence-electron chi connectivity index (χ3n) is 4.35. The fourth-order valence-electron chi connectivity index (χ4n) is 3.06. The largest absolute Gasteiger partial charge is 0.497 e. The fraction of sp³-hybridized carbons (Fsp3) is 0.625. The molecule has 0 radical (unpaired) electrons. The van der Waals surface area contributed by atoms with E-state index < -0.39 is 9.84 Å². The molecule has 0 bridgehead atoms. The van der Waals surface area contributed by atoms with Crippen molar-refractivity contribution in [3.05, 3.63) is 29.8 Å². The van der Waals surface area contributed by atoms with Gasteiger partial charge in [0.2, 0.25) is 0 Å². The van der Waals surface area contributed by atoms with E-state index in [0.717, 1.165) is 37.9 Å². The lowest BCUT2D eigenvalue weighted by atomic mass is 9.99. The summed E-state index contributed by atoms with van der Waals surface area (Å²) in [5, 5.41) is 2.99. The summed E-state index contributed by atoms with van der Waals surface area (Å²) in [6, 6.07) is 8.02. The van der Waals surface area contributed by atoms with Gasteiger partial charge in [0.15, 0.2) is 9.84 Å². The van der Waals surface area contributed by atoms with E-state index in [4.69, 9.17) is 4.74 Å². The first-order valence-electron chi connectivity index (χ1n) is 7.58. The van der Waals surface area contributed by atoms with E-state index in [9.17, 15) is 8.42 Å². The first-order chi connectivity index (χ1) is 10.1. The van der Waals surface area contributed by atoms with Gasteiger partial charge in [-0.3, -0.25) is 0 Å². The Morgan fingerprint density at radius 2 is 2.00 bits per heavy atom. The number of nitrogens with one attached hydrogen (secondary N) is 1. The molecule has 118 valence electrons. The highest BCUT2D eigenvalue weighted by Crippen LogP contribution is 2.24. The van der Waals surface area contributed by atoms with Gasteiger partial charge in [-0.25, -0.2) is 8.42 Å². The number of aryl methyl sites for hydroxylation is 1. The second-order valence-electron chi connectivity index (χ2n) is 5.68. The maximum atomic E-state index is 12.2. The van der Waals surface area contributed by atoms with Crippen molar-refractivity contribution in [1.29, 1.82) is 0 Å². The molecular formula is C16H25NO3S. The zero-order chi connectivity index (χ0) is 15.3. The molecule has 0 amide bonds. The highest BCUT2D eigenvalue weighted by atomic mass is 32.2. The van der Waals surface area contributed by atoms with Crippen molar-refractivity contribution in [3.8, 4) is 5.75 Å². The molecule has 2 rings (SSSR count). The molecule has 1 aliphatic rings. The number of methoxy groups -OCH3 is 1. The summed E-state index contributed by atoms with van der Waals surface area (Å²) < 4.78 is 29.6. The lowest BCUT2D eigenvalue weighted by Crippen LogP contribution is -2.45. The van der Waals surface area contributed by atoms with Crippen LogP contribution in [-0.4, -0.2) is 39.6 Å². The van der Waals surface area contributed by atoms with Crippen LogP contribution in [0.4, 0.5) is 0 Å². The molecule has 1 aromatic rings. The Bertz CT molecular complexity index is 539. The number of benzene rings is 1. The highest BCUT2D eigenvalue weighted by molar-refractivity contribution is 7.92. The maximum Gasteiger partial charge on any atom is 0.154 e. The topological polar surface area (TPSA) is 55.4 Å². The van der Waals surface area contributed by atoms with Crippen LogP contribution in [0.25, 0.3) is 0 Å². The van der Waals surface area contributed by atoms with Crippen LogP contribution in [0.1, 0.15) is 31.2 Å². The summed E-state index contributed by atoms with van der Waals surface area (Å²) in [7, 11) is 0.584. The van der Waals surface area contributed by atoms with Gasteiger partial charge in [0.25, 0.3) is 0 Å². The lowest BCUT2D eigenvalue weighted by Gasteiger charge is -2.30.